The summed E-state index contributed by atoms with van der Waals surface area (Å²) in [7, 11) is -3.26. The minimum absolute atomic E-state index is 0.378. The average molecular weight is 224 g/mol. The molecule has 1 rings (SSSR count). The van der Waals surface area contributed by atoms with E-state index in [0.29, 0.717) is 16.2 Å². The summed E-state index contributed by atoms with van der Waals surface area (Å²) < 4.78 is 24.1. The van der Waals surface area contributed by atoms with E-state index < -0.39 is 9.84 Å². The van der Waals surface area contributed by atoms with Gasteiger partial charge in [-0.1, -0.05) is 30.7 Å². The second-order valence-electron chi connectivity index (χ2n) is 3.43. The quantitative estimate of drug-likeness (QED) is 0.790. The zero-order chi connectivity index (χ0) is 11.5. The third-order valence-corrected chi connectivity index (χ3v) is 4.45. The lowest BCUT2D eigenvalue weighted by Crippen LogP contribution is -2.03. The van der Waals surface area contributed by atoms with Crippen LogP contribution in [0.1, 0.15) is 25.8 Å². The highest BCUT2D eigenvalue weighted by Gasteiger charge is 2.17. The van der Waals surface area contributed by atoms with Gasteiger partial charge in [0.1, 0.15) is 0 Å². The van der Waals surface area contributed by atoms with Gasteiger partial charge in [-0.2, -0.15) is 0 Å². The summed E-state index contributed by atoms with van der Waals surface area (Å²) >= 11 is 0. The van der Waals surface area contributed by atoms with Crippen LogP contribution in [0.25, 0.3) is 0 Å². The first-order valence-electron chi connectivity index (χ1n) is 4.99. The molecule has 1 aromatic carbocycles. The fourth-order valence-corrected chi connectivity index (χ4v) is 2.91. The van der Waals surface area contributed by atoms with Crippen molar-refractivity contribution < 1.29 is 8.42 Å². The molecule has 0 aromatic heterocycles. The first-order valence-corrected chi connectivity index (χ1v) is 6.47. The predicted octanol–water partition coefficient (Wildman–Crippen LogP) is 3.08. The smallest absolute Gasteiger partial charge is 0.202 e. The molecule has 0 heterocycles. The number of allylic oxidation sites excluding steroid dienone is 2. The van der Waals surface area contributed by atoms with Crippen molar-refractivity contribution in [2.45, 2.75) is 32.1 Å². The van der Waals surface area contributed by atoms with E-state index in [2.05, 4.69) is 0 Å². The molecule has 0 bridgehead atoms. The number of sulfone groups is 1. The van der Waals surface area contributed by atoms with E-state index in [1.807, 2.05) is 26.0 Å². The summed E-state index contributed by atoms with van der Waals surface area (Å²) in [6.07, 6.45) is 2.20. The van der Waals surface area contributed by atoms with Crippen LogP contribution in [0.5, 0.6) is 0 Å². The Labute approximate surface area is 91.6 Å². The van der Waals surface area contributed by atoms with Crippen molar-refractivity contribution in [3.8, 4) is 0 Å². The zero-order valence-corrected chi connectivity index (χ0v) is 10.1. The molecular formula is C12H16O2S. The van der Waals surface area contributed by atoms with E-state index in [1.54, 1.807) is 25.1 Å². The maximum atomic E-state index is 12.0. The van der Waals surface area contributed by atoms with Crippen molar-refractivity contribution in [2.75, 3.05) is 0 Å². The van der Waals surface area contributed by atoms with Gasteiger partial charge in [-0.05, 0) is 32.4 Å². The Balaban J connectivity index is 3.23. The van der Waals surface area contributed by atoms with E-state index in [0.717, 1.165) is 5.56 Å². The molecule has 3 heteroatoms. The molecule has 0 atom stereocenters. The molecule has 0 saturated carbocycles. The largest absolute Gasteiger partial charge is 0.219 e. The van der Waals surface area contributed by atoms with E-state index in [-0.39, 0.29) is 0 Å². The summed E-state index contributed by atoms with van der Waals surface area (Å²) in [4.78, 5) is 0.856. The fraction of sp³-hybridized carbons (Fsp3) is 0.333. The van der Waals surface area contributed by atoms with Gasteiger partial charge < -0.3 is 0 Å². The predicted molar refractivity (Wildman–Crippen MR) is 62.4 cm³/mol. The highest BCUT2D eigenvalue weighted by molar-refractivity contribution is 7.95. The Hall–Kier alpha value is -1.09. The van der Waals surface area contributed by atoms with Gasteiger partial charge in [0.15, 0.2) is 0 Å². The minimum Gasteiger partial charge on any atom is -0.219 e. The van der Waals surface area contributed by atoms with Gasteiger partial charge in [0.2, 0.25) is 9.84 Å². The van der Waals surface area contributed by atoms with Crippen molar-refractivity contribution >= 4 is 9.84 Å². The maximum Gasteiger partial charge on any atom is 0.202 e. The van der Waals surface area contributed by atoms with Gasteiger partial charge >= 0.3 is 0 Å². The summed E-state index contributed by atoms with van der Waals surface area (Å²) in [5.41, 5.74) is 1.06. The summed E-state index contributed by atoms with van der Waals surface area (Å²) in [5, 5.41) is 0. The summed E-state index contributed by atoms with van der Waals surface area (Å²) in [6, 6.07) is 6.94. The van der Waals surface area contributed by atoms with Gasteiger partial charge in [0.25, 0.3) is 0 Å². The maximum absolute atomic E-state index is 12.0. The van der Waals surface area contributed by atoms with Crippen LogP contribution in [-0.4, -0.2) is 8.42 Å². The SMILES string of the molecule is CC=C(CC)S(=O)(=O)c1ccc(C)cc1. The molecule has 0 N–H and O–H groups in total. The van der Waals surface area contributed by atoms with Gasteiger partial charge in [-0.15, -0.1) is 0 Å². The van der Waals surface area contributed by atoms with Crippen LogP contribution in [0.3, 0.4) is 0 Å². The highest BCUT2D eigenvalue weighted by Crippen LogP contribution is 2.21. The minimum atomic E-state index is -3.26. The number of hydrogen-bond acceptors (Lipinski definition) is 2. The van der Waals surface area contributed by atoms with Crippen LogP contribution in [0.4, 0.5) is 0 Å². The first-order chi connectivity index (χ1) is 7.02. The van der Waals surface area contributed by atoms with E-state index >= 15 is 0 Å². The third kappa shape index (κ3) is 2.48. The molecule has 0 unspecified atom stereocenters. The molecule has 0 radical (unpaired) electrons. The summed E-state index contributed by atoms with van der Waals surface area (Å²) in [5.74, 6) is 0. The van der Waals surface area contributed by atoms with E-state index in [4.69, 9.17) is 0 Å². The van der Waals surface area contributed by atoms with Crippen LogP contribution in [-0.2, 0) is 9.84 Å². The van der Waals surface area contributed by atoms with Gasteiger partial charge in [-0.25, -0.2) is 8.42 Å². The molecule has 2 nitrogen and oxygen atoms in total. The fourth-order valence-electron chi connectivity index (χ4n) is 1.42. The third-order valence-electron chi connectivity index (χ3n) is 2.35. The topological polar surface area (TPSA) is 34.1 Å². The molecule has 15 heavy (non-hydrogen) atoms. The normalized spacial score (nSPS) is 12.9. The lowest BCUT2D eigenvalue weighted by Gasteiger charge is -2.06. The first kappa shape index (κ1) is 12.0. The van der Waals surface area contributed by atoms with Crippen molar-refractivity contribution in [1.29, 1.82) is 0 Å². The Kier molecular flexibility index (Phi) is 3.69. The molecule has 0 amide bonds. The molecule has 0 saturated heterocycles. The van der Waals surface area contributed by atoms with Crippen molar-refractivity contribution in [1.82, 2.24) is 0 Å². The van der Waals surface area contributed by atoms with E-state index in [1.165, 1.54) is 0 Å². The van der Waals surface area contributed by atoms with Crippen LogP contribution in [0.15, 0.2) is 40.1 Å². The van der Waals surface area contributed by atoms with Crippen LogP contribution >= 0.6 is 0 Å². The van der Waals surface area contributed by atoms with Crippen LogP contribution < -0.4 is 0 Å². The number of hydrogen-bond donors (Lipinski definition) is 0. The Bertz CT molecular complexity index is 453. The zero-order valence-electron chi connectivity index (χ0n) is 9.32. The average Bonchev–Trinajstić information content (AvgIpc) is 2.19. The highest BCUT2D eigenvalue weighted by atomic mass is 32.2. The van der Waals surface area contributed by atoms with Gasteiger partial charge in [-0.3, -0.25) is 0 Å². The monoisotopic (exact) mass is 224 g/mol. The van der Waals surface area contributed by atoms with Crippen molar-refractivity contribution in [3.05, 3.63) is 40.8 Å². The molecule has 0 spiro atoms. The molecular weight excluding hydrogens is 208 g/mol. The lowest BCUT2D eigenvalue weighted by atomic mass is 10.2. The van der Waals surface area contributed by atoms with Gasteiger partial charge in [0, 0.05) is 4.91 Å². The Morgan fingerprint density at radius 2 is 1.80 bits per heavy atom. The lowest BCUT2D eigenvalue weighted by molar-refractivity contribution is 0.600. The van der Waals surface area contributed by atoms with Crippen LogP contribution in [0, 0.1) is 6.92 Å². The second-order valence-corrected chi connectivity index (χ2v) is 5.43. The number of aryl methyl sites for hydroxylation is 1. The molecule has 0 fully saturated rings. The summed E-state index contributed by atoms with van der Waals surface area (Å²) in [6.45, 7) is 5.54. The second kappa shape index (κ2) is 4.62. The molecule has 0 aliphatic carbocycles. The standard InChI is InChI=1S/C12H16O2S/c1-4-11(5-2)15(13,14)12-8-6-10(3)7-9-12/h4,6-9H,5H2,1-3H3. The van der Waals surface area contributed by atoms with Crippen LogP contribution in [0.2, 0.25) is 0 Å². The molecule has 0 aliphatic heterocycles. The molecule has 82 valence electrons. The molecule has 1 aromatic rings. The number of benzene rings is 1. The van der Waals surface area contributed by atoms with Gasteiger partial charge in [0.05, 0.1) is 4.90 Å². The van der Waals surface area contributed by atoms with Crippen molar-refractivity contribution in [2.24, 2.45) is 0 Å². The molecule has 0 aliphatic rings. The van der Waals surface area contributed by atoms with Crippen molar-refractivity contribution in [3.63, 3.8) is 0 Å². The van der Waals surface area contributed by atoms with E-state index in [9.17, 15) is 8.42 Å². The Morgan fingerprint density at radius 1 is 1.27 bits per heavy atom. The number of rotatable bonds is 3. The Morgan fingerprint density at radius 3 is 2.20 bits per heavy atom.